The summed E-state index contributed by atoms with van der Waals surface area (Å²) in [5, 5.41) is 0. The van der Waals surface area contributed by atoms with Crippen LogP contribution in [0.2, 0.25) is 0 Å². The molecule has 1 aliphatic rings. The van der Waals surface area contributed by atoms with Gasteiger partial charge in [-0.3, -0.25) is 19.6 Å². The number of rotatable bonds is 5. The Bertz CT molecular complexity index is 757. The number of Topliss-reactive ketones (excluding diaryl/α,β-unsaturated/α-hetero) is 1. The molecule has 136 valence electrons. The molecule has 0 aliphatic carbocycles. The first-order valence-electron chi connectivity index (χ1n) is 9.23. The standard InChI is InChI=1S/C21H25N3O2/c1-15(2)11-20(25)18-6-4-10-24(14-18)21(26)17-7-8-19(23-13-17)16-5-3-9-22-12-16/h3,5,7-9,12-13,15,18H,4,6,10-11,14H2,1-2H3/t18-/m1/s1. The number of hydrogen-bond donors (Lipinski definition) is 0. The minimum Gasteiger partial charge on any atom is -0.338 e. The Hall–Kier alpha value is -2.56. The average molecular weight is 351 g/mol. The van der Waals surface area contributed by atoms with Gasteiger partial charge >= 0.3 is 0 Å². The quantitative estimate of drug-likeness (QED) is 0.825. The van der Waals surface area contributed by atoms with Gasteiger partial charge in [0.05, 0.1) is 11.3 Å². The van der Waals surface area contributed by atoms with E-state index in [-0.39, 0.29) is 17.6 Å². The van der Waals surface area contributed by atoms with Crippen molar-refractivity contribution in [1.29, 1.82) is 0 Å². The third kappa shape index (κ3) is 4.34. The molecule has 1 aliphatic heterocycles. The summed E-state index contributed by atoms with van der Waals surface area (Å²) in [5.74, 6) is 0.565. The molecule has 0 bridgehead atoms. The average Bonchev–Trinajstić information content (AvgIpc) is 2.68. The molecule has 26 heavy (non-hydrogen) atoms. The van der Waals surface area contributed by atoms with Crippen molar-refractivity contribution in [2.45, 2.75) is 33.1 Å². The molecule has 3 heterocycles. The minimum absolute atomic E-state index is 0.0299. The molecule has 0 N–H and O–H groups in total. The van der Waals surface area contributed by atoms with E-state index < -0.39 is 0 Å². The van der Waals surface area contributed by atoms with Crippen LogP contribution in [0.15, 0.2) is 42.9 Å². The van der Waals surface area contributed by atoms with Crippen molar-refractivity contribution in [3.05, 3.63) is 48.4 Å². The van der Waals surface area contributed by atoms with Crippen LogP contribution in [0, 0.1) is 11.8 Å². The zero-order valence-corrected chi connectivity index (χ0v) is 15.4. The second kappa shape index (κ2) is 8.21. The number of pyridine rings is 2. The lowest BCUT2D eigenvalue weighted by molar-refractivity contribution is -0.124. The lowest BCUT2D eigenvalue weighted by Gasteiger charge is -2.32. The van der Waals surface area contributed by atoms with Crippen LogP contribution in [0.1, 0.15) is 43.5 Å². The smallest absolute Gasteiger partial charge is 0.255 e. The van der Waals surface area contributed by atoms with E-state index in [9.17, 15) is 9.59 Å². The van der Waals surface area contributed by atoms with Gasteiger partial charge in [0.25, 0.3) is 5.91 Å². The van der Waals surface area contributed by atoms with Crippen molar-refractivity contribution in [2.24, 2.45) is 11.8 Å². The van der Waals surface area contributed by atoms with Crippen LogP contribution in [0.5, 0.6) is 0 Å². The highest BCUT2D eigenvalue weighted by Gasteiger charge is 2.29. The number of piperidine rings is 1. The monoisotopic (exact) mass is 351 g/mol. The Morgan fingerprint density at radius 2 is 2.08 bits per heavy atom. The van der Waals surface area contributed by atoms with Crippen LogP contribution in [-0.4, -0.2) is 39.6 Å². The Morgan fingerprint density at radius 3 is 2.73 bits per heavy atom. The Balaban J connectivity index is 1.68. The van der Waals surface area contributed by atoms with Gasteiger partial charge < -0.3 is 4.90 Å². The van der Waals surface area contributed by atoms with E-state index in [1.807, 2.05) is 18.2 Å². The molecule has 0 aromatic carbocycles. The molecule has 0 radical (unpaired) electrons. The number of carbonyl (C=O) groups is 2. The van der Waals surface area contributed by atoms with Crippen LogP contribution >= 0.6 is 0 Å². The highest BCUT2D eigenvalue weighted by atomic mass is 16.2. The zero-order valence-electron chi connectivity index (χ0n) is 15.4. The molecule has 0 spiro atoms. The first-order chi connectivity index (χ1) is 12.5. The number of amides is 1. The number of nitrogens with zero attached hydrogens (tertiary/aromatic N) is 3. The molecule has 0 unspecified atom stereocenters. The number of likely N-dealkylation sites (tertiary alicyclic amines) is 1. The summed E-state index contributed by atoms with van der Waals surface area (Å²) in [6, 6.07) is 7.44. The SMILES string of the molecule is CC(C)CC(=O)[C@@H]1CCCN(C(=O)c2ccc(-c3cccnc3)nc2)C1. The topological polar surface area (TPSA) is 63.2 Å². The first-order valence-corrected chi connectivity index (χ1v) is 9.23. The highest BCUT2D eigenvalue weighted by molar-refractivity contribution is 5.94. The summed E-state index contributed by atoms with van der Waals surface area (Å²) in [4.78, 5) is 35.5. The number of hydrogen-bond acceptors (Lipinski definition) is 4. The van der Waals surface area contributed by atoms with Gasteiger partial charge in [0, 0.05) is 49.6 Å². The summed E-state index contributed by atoms with van der Waals surface area (Å²) >= 11 is 0. The predicted octanol–water partition coefficient (Wildman–Crippen LogP) is 3.61. The number of carbonyl (C=O) groups excluding carboxylic acids is 2. The van der Waals surface area contributed by atoms with Crippen LogP contribution in [0.3, 0.4) is 0 Å². The molecule has 5 heteroatoms. The van der Waals surface area contributed by atoms with Crippen molar-refractivity contribution >= 4 is 11.7 Å². The third-order valence-corrected chi connectivity index (χ3v) is 4.74. The zero-order chi connectivity index (χ0) is 18.5. The summed E-state index contributed by atoms with van der Waals surface area (Å²) < 4.78 is 0. The summed E-state index contributed by atoms with van der Waals surface area (Å²) in [7, 11) is 0. The Labute approximate surface area is 154 Å². The van der Waals surface area contributed by atoms with Crippen LogP contribution in [-0.2, 0) is 4.79 Å². The molecule has 1 amide bonds. The molecule has 1 saturated heterocycles. The maximum Gasteiger partial charge on any atom is 0.255 e. The van der Waals surface area contributed by atoms with Gasteiger partial charge in [0.15, 0.2) is 0 Å². The van der Waals surface area contributed by atoms with E-state index in [1.165, 1.54) is 0 Å². The van der Waals surface area contributed by atoms with Gasteiger partial charge in [0.2, 0.25) is 0 Å². The molecule has 1 fully saturated rings. The summed E-state index contributed by atoms with van der Waals surface area (Å²) in [6.07, 6.45) is 7.43. The fraction of sp³-hybridized carbons (Fsp3) is 0.429. The van der Waals surface area contributed by atoms with E-state index in [2.05, 4.69) is 23.8 Å². The van der Waals surface area contributed by atoms with Crippen molar-refractivity contribution in [1.82, 2.24) is 14.9 Å². The van der Waals surface area contributed by atoms with Crippen molar-refractivity contribution in [3.8, 4) is 11.3 Å². The predicted molar refractivity (Wildman–Crippen MR) is 101 cm³/mol. The Morgan fingerprint density at radius 1 is 1.23 bits per heavy atom. The molecular weight excluding hydrogens is 326 g/mol. The maximum absolute atomic E-state index is 12.8. The van der Waals surface area contributed by atoms with Crippen LogP contribution < -0.4 is 0 Å². The normalized spacial score (nSPS) is 17.3. The van der Waals surface area contributed by atoms with Gasteiger partial charge in [-0.25, -0.2) is 0 Å². The second-order valence-corrected chi connectivity index (χ2v) is 7.33. The maximum atomic E-state index is 12.8. The van der Waals surface area contributed by atoms with Gasteiger partial charge in [0.1, 0.15) is 5.78 Å². The van der Waals surface area contributed by atoms with E-state index >= 15 is 0 Å². The molecule has 0 saturated carbocycles. The third-order valence-electron chi connectivity index (χ3n) is 4.74. The lowest BCUT2D eigenvalue weighted by Crippen LogP contribution is -2.42. The van der Waals surface area contributed by atoms with Gasteiger partial charge in [-0.05, 0) is 43.0 Å². The van der Waals surface area contributed by atoms with Gasteiger partial charge in [-0.15, -0.1) is 0 Å². The summed E-state index contributed by atoms with van der Waals surface area (Å²) in [6.45, 7) is 5.33. The molecule has 2 aromatic rings. The number of ketones is 1. The lowest BCUT2D eigenvalue weighted by atomic mass is 9.89. The van der Waals surface area contributed by atoms with Gasteiger partial charge in [-0.1, -0.05) is 13.8 Å². The minimum atomic E-state index is -0.0442. The first kappa shape index (κ1) is 18.2. The van der Waals surface area contributed by atoms with E-state index in [0.717, 1.165) is 24.1 Å². The number of aromatic nitrogens is 2. The van der Waals surface area contributed by atoms with Crippen molar-refractivity contribution < 1.29 is 9.59 Å². The van der Waals surface area contributed by atoms with Crippen LogP contribution in [0.4, 0.5) is 0 Å². The van der Waals surface area contributed by atoms with Crippen molar-refractivity contribution in [2.75, 3.05) is 13.1 Å². The van der Waals surface area contributed by atoms with Gasteiger partial charge in [-0.2, -0.15) is 0 Å². The largest absolute Gasteiger partial charge is 0.338 e. The highest BCUT2D eigenvalue weighted by Crippen LogP contribution is 2.22. The summed E-state index contributed by atoms with van der Waals surface area (Å²) in [5.41, 5.74) is 2.27. The molecule has 2 aromatic heterocycles. The van der Waals surface area contributed by atoms with Crippen LogP contribution in [0.25, 0.3) is 11.3 Å². The van der Waals surface area contributed by atoms with E-state index in [1.54, 1.807) is 29.6 Å². The fourth-order valence-electron chi connectivity index (χ4n) is 3.38. The molecule has 1 atom stereocenters. The Kier molecular flexibility index (Phi) is 5.76. The van der Waals surface area contributed by atoms with E-state index in [0.29, 0.717) is 31.0 Å². The van der Waals surface area contributed by atoms with E-state index in [4.69, 9.17) is 0 Å². The van der Waals surface area contributed by atoms with Crippen molar-refractivity contribution in [3.63, 3.8) is 0 Å². The molecular formula is C21H25N3O2. The second-order valence-electron chi connectivity index (χ2n) is 7.33. The molecule has 5 nitrogen and oxygen atoms in total. The fourth-order valence-corrected chi connectivity index (χ4v) is 3.38. The molecule has 3 rings (SSSR count).